The minimum atomic E-state index is 0.631. The number of H-pyrrole nitrogens is 2. The first-order valence-electron chi connectivity index (χ1n) is 9.24. The third-order valence-corrected chi connectivity index (χ3v) is 6.40. The molecule has 0 aliphatic rings. The van der Waals surface area contributed by atoms with Crippen molar-refractivity contribution in [3.63, 3.8) is 0 Å². The molecule has 2 aromatic heterocycles. The minimum Gasteiger partial charge on any atom is -0.360 e. The summed E-state index contributed by atoms with van der Waals surface area (Å²) in [6.45, 7) is 0. The van der Waals surface area contributed by atoms with Crippen molar-refractivity contribution in [2.75, 3.05) is 0 Å². The molecule has 0 spiro atoms. The number of benzene rings is 3. The smallest absolute Gasteiger partial charge is 0.152 e. The van der Waals surface area contributed by atoms with Crippen molar-refractivity contribution in [2.24, 2.45) is 0 Å². The molecule has 0 saturated heterocycles. The van der Waals surface area contributed by atoms with E-state index in [-0.39, 0.29) is 0 Å². The van der Waals surface area contributed by atoms with Gasteiger partial charge in [0, 0.05) is 55.4 Å². The van der Waals surface area contributed by atoms with Crippen LogP contribution in [0.1, 0.15) is 20.7 Å². The molecule has 0 radical (unpaired) electrons. The fourth-order valence-electron chi connectivity index (χ4n) is 3.34. The van der Waals surface area contributed by atoms with Crippen LogP contribution in [0.25, 0.3) is 32.9 Å². The highest BCUT2D eigenvalue weighted by atomic mass is 79.9. The lowest BCUT2D eigenvalue weighted by atomic mass is 10.0. The predicted molar refractivity (Wildman–Crippen MR) is 131 cm³/mol. The molecular formula is C24H15BrCl2N2O2. The highest BCUT2D eigenvalue weighted by molar-refractivity contribution is 9.10. The van der Waals surface area contributed by atoms with Gasteiger partial charge in [-0.3, -0.25) is 9.59 Å². The maximum Gasteiger partial charge on any atom is 0.152 e. The summed E-state index contributed by atoms with van der Waals surface area (Å²) in [4.78, 5) is 27.6. The predicted octanol–water partition coefficient (Wildman–Crippen LogP) is 7.70. The van der Waals surface area contributed by atoms with Gasteiger partial charge in [-0.05, 0) is 45.8 Å². The van der Waals surface area contributed by atoms with Gasteiger partial charge in [-0.15, -0.1) is 0 Å². The summed E-state index contributed by atoms with van der Waals surface area (Å²) in [5.41, 5.74) is 5.03. The summed E-state index contributed by atoms with van der Waals surface area (Å²) < 4.78 is 0.796. The maximum atomic E-state index is 11.0. The van der Waals surface area contributed by atoms with Crippen LogP contribution in [0, 0.1) is 0 Å². The Labute approximate surface area is 196 Å². The SMILES string of the molecule is O=Cc1c[nH]c2cc(Cl)c(-c3ccccc3)cc12.O=Cc1c[nH]c2cc(Cl)c(Br)cc12. The number of fused-ring (bicyclic) bond motifs is 2. The summed E-state index contributed by atoms with van der Waals surface area (Å²) in [5.74, 6) is 0. The molecule has 154 valence electrons. The van der Waals surface area contributed by atoms with Crippen LogP contribution >= 0.6 is 39.1 Å². The zero-order chi connectivity index (χ0) is 22.0. The van der Waals surface area contributed by atoms with E-state index in [1.165, 1.54) is 0 Å². The number of aromatic nitrogens is 2. The van der Waals surface area contributed by atoms with E-state index in [1.807, 2.05) is 48.5 Å². The first-order chi connectivity index (χ1) is 15.0. The average Bonchev–Trinajstić information content (AvgIpc) is 3.37. The van der Waals surface area contributed by atoms with Crippen LogP contribution in [0.2, 0.25) is 10.0 Å². The second-order valence-corrected chi connectivity index (χ2v) is 8.45. The largest absolute Gasteiger partial charge is 0.360 e. The Morgan fingerprint density at radius 1 is 0.742 bits per heavy atom. The monoisotopic (exact) mass is 512 g/mol. The number of nitrogens with one attached hydrogen (secondary N) is 2. The van der Waals surface area contributed by atoms with Crippen LogP contribution in [0.5, 0.6) is 0 Å². The molecule has 0 saturated carbocycles. The normalized spacial score (nSPS) is 10.7. The molecule has 2 N–H and O–H groups in total. The highest BCUT2D eigenvalue weighted by Gasteiger charge is 2.09. The Kier molecular flexibility index (Phi) is 6.28. The molecule has 0 aliphatic heterocycles. The van der Waals surface area contributed by atoms with Crippen LogP contribution in [0.4, 0.5) is 0 Å². The summed E-state index contributed by atoms with van der Waals surface area (Å²) >= 11 is 15.5. The van der Waals surface area contributed by atoms with E-state index in [2.05, 4.69) is 25.9 Å². The van der Waals surface area contributed by atoms with Crippen molar-refractivity contribution >= 4 is 73.5 Å². The molecule has 31 heavy (non-hydrogen) atoms. The topological polar surface area (TPSA) is 65.7 Å². The Balaban J connectivity index is 0.000000158. The van der Waals surface area contributed by atoms with Crippen LogP contribution < -0.4 is 0 Å². The summed E-state index contributed by atoms with van der Waals surface area (Å²) in [7, 11) is 0. The van der Waals surface area contributed by atoms with Gasteiger partial charge in [0.15, 0.2) is 12.6 Å². The van der Waals surface area contributed by atoms with Gasteiger partial charge in [0.05, 0.1) is 10.0 Å². The van der Waals surface area contributed by atoms with Crippen LogP contribution in [0.15, 0.2) is 71.5 Å². The number of hydrogen-bond donors (Lipinski definition) is 2. The van der Waals surface area contributed by atoms with E-state index in [4.69, 9.17) is 23.2 Å². The van der Waals surface area contributed by atoms with Crippen LogP contribution in [-0.2, 0) is 0 Å². The molecule has 4 nitrogen and oxygen atoms in total. The molecule has 0 unspecified atom stereocenters. The number of hydrogen-bond acceptors (Lipinski definition) is 2. The molecule has 0 bridgehead atoms. The van der Waals surface area contributed by atoms with Gasteiger partial charge in [-0.25, -0.2) is 0 Å². The maximum absolute atomic E-state index is 11.0. The van der Waals surface area contributed by atoms with Crippen molar-refractivity contribution in [2.45, 2.75) is 0 Å². The number of carbonyl (C=O) groups excluding carboxylic acids is 2. The van der Waals surface area contributed by atoms with Gasteiger partial charge in [-0.2, -0.15) is 0 Å². The van der Waals surface area contributed by atoms with E-state index in [9.17, 15) is 9.59 Å². The molecular weight excluding hydrogens is 499 g/mol. The van der Waals surface area contributed by atoms with Gasteiger partial charge in [-0.1, -0.05) is 53.5 Å². The first kappa shape index (κ1) is 21.4. The van der Waals surface area contributed by atoms with E-state index in [0.29, 0.717) is 21.2 Å². The Morgan fingerprint density at radius 3 is 1.87 bits per heavy atom. The first-order valence-corrected chi connectivity index (χ1v) is 10.8. The van der Waals surface area contributed by atoms with Crippen molar-refractivity contribution in [3.05, 3.63) is 92.6 Å². The fourth-order valence-corrected chi connectivity index (χ4v) is 4.12. The average molecular weight is 514 g/mol. The zero-order valence-corrected chi connectivity index (χ0v) is 19.1. The van der Waals surface area contributed by atoms with Gasteiger partial charge in [0.1, 0.15) is 0 Å². The number of rotatable bonds is 3. The number of halogens is 3. The Hall–Kier alpha value is -2.86. The van der Waals surface area contributed by atoms with Crippen molar-refractivity contribution in [3.8, 4) is 11.1 Å². The van der Waals surface area contributed by atoms with Gasteiger partial charge >= 0.3 is 0 Å². The summed E-state index contributed by atoms with van der Waals surface area (Å²) in [5, 5.41) is 3.08. The standard InChI is InChI=1S/C15H10ClNO.C9H5BrClNO/c16-14-7-15-13(11(9-18)8-17-15)6-12(14)10-4-2-1-3-5-10;10-7-1-6-5(4-13)3-12-9(6)2-8(7)11/h1-9,17H;1-4,12H. The van der Waals surface area contributed by atoms with E-state index >= 15 is 0 Å². The number of carbonyl (C=O) groups is 2. The van der Waals surface area contributed by atoms with Crippen LogP contribution in [-0.4, -0.2) is 22.5 Å². The zero-order valence-electron chi connectivity index (χ0n) is 16.0. The lowest BCUT2D eigenvalue weighted by Gasteiger charge is -2.05. The third kappa shape index (κ3) is 4.30. The molecule has 5 aromatic rings. The Morgan fingerprint density at radius 2 is 1.29 bits per heavy atom. The van der Waals surface area contributed by atoms with Crippen LogP contribution in [0.3, 0.4) is 0 Å². The van der Waals surface area contributed by atoms with Gasteiger partial charge < -0.3 is 9.97 Å². The fraction of sp³-hybridized carbons (Fsp3) is 0. The quantitative estimate of drug-likeness (QED) is 0.243. The van der Waals surface area contributed by atoms with Gasteiger partial charge in [0.25, 0.3) is 0 Å². The summed E-state index contributed by atoms with van der Waals surface area (Å²) in [6.07, 6.45) is 5.03. The minimum absolute atomic E-state index is 0.631. The van der Waals surface area contributed by atoms with Crippen molar-refractivity contribution < 1.29 is 9.59 Å². The number of aldehydes is 2. The number of aromatic amines is 2. The lowest BCUT2D eigenvalue weighted by molar-refractivity contribution is 0.111. The Bertz CT molecular complexity index is 1410. The molecule has 0 atom stereocenters. The molecule has 7 heteroatoms. The van der Waals surface area contributed by atoms with E-state index < -0.39 is 0 Å². The second-order valence-electron chi connectivity index (χ2n) is 6.78. The lowest BCUT2D eigenvalue weighted by Crippen LogP contribution is -1.81. The van der Waals surface area contributed by atoms with E-state index in [1.54, 1.807) is 18.5 Å². The third-order valence-electron chi connectivity index (χ3n) is 4.89. The highest BCUT2D eigenvalue weighted by Crippen LogP contribution is 2.33. The molecule has 5 rings (SSSR count). The second kappa shape index (κ2) is 9.10. The summed E-state index contributed by atoms with van der Waals surface area (Å²) in [6, 6.07) is 17.3. The van der Waals surface area contributed by atoms with Crippen molar-refractivity contribution in [1.29, 1.82) is 0 Å². The molecule has 0 aliphatic carbocycles. The van der Waals surface area contributed by atoms with Crippen molar-refractivity contribution in [1.82, 2.24) is 9.97 Å². The van der Waals surface area contributed by atoms with E-state index in [0.717, 1.165) is 50.0 Å². The molecule has 3 aromatic carbocycles. The molecule has 0 amide bonds. The molecule has 2 heterocycles. The molecule has 0 fully saturated rings. The van der Waals surface area contributed by atoms with Gasteiger partial charge in [0.2, 0.25) is 0 Å².